The topological polar surface area (TPSA) is 62.5 Å². The van der Waals surface area contributed by atoms with Gasteiger partial charge in [0.2, 0.25) is 0 Å². The van der Waals surface area contributed by atoms with E-state index in [-0.39, 0.29) is 0 Å². The minimum Gasteiger partial charge on any atom is -0.353 e. The summed E-state index contributed by atoms with van der Waals surface area (Å²) in [5, 5.41) is 4.68. The minimum absolute atomic E-state index is 0.339. The second-order valence-electron chi connectivity index (χ2n) is 6.44. The fourth-order valence-electron chi connectivity index (χ4n) is 2.99. The van der Waals surface area contributed by atoms with E-state index in [9.17, 15) is 0 Å². The number of hydrogen-bond acceptors (Lipinski definition) is 6. The van der Waals surface area contributed by atoms with Crippen molar-refractivity contribution in [3.8, 4) is 0 Å². The number of fused-ring (bicyclic) bond motifs is 1. The van der Waals surface area contributed by atoms with Crippen LogP contribution >= 0.6 is 15.9 Å². The molecule has 25 heavy (non-hydrogen) atoms. The number of hydrogen-bond donors (Lipinski definition) is 0. The van der Waals surface area contributed by atoms with E-state index in [0.717, 1.165) is 53.9 Å². The van der Waals surface area contributed by atoms with Gasteiger partial charge in [0, 0.05) is 38.3 Å². The molecule has 3 aromatic heterocycles. The number of imidazole rings is 1. The highest BCUT2D eigenvalue weighted by Crippen LogP contribution is 2.20. The summed E-state index contributed by atoms with van der Waals surface area (Å²) < 4.78 is 2.69. The van der Waals surface area contributed by atoms with E-state index >= 15 is 0 Å². The van der Waals surface area contributed by atoms with Crippen LogP contribution in [-0.4, -0.2) is 50.7 Å². The third-order valence-corrected chi connectivity index (χ3v) is 4.95. The molecule has 0 atom stereocenters. The molecule has 7 nitrogen and oxygen atoms in total. The second-order valence-corrected chi connectivity index (χ2v) is 7.26. The Morgan fingerprint density at radius 1 is 0.960 bits per heavy atom. The van der Waals surface area contributed by atoms with Crippen LogP contribution in [0.25, 0.3) is 5.65 Å². The number of piperazine rings is 1. The van der Waals surface area contributed by atoms with E-state index in [1.54, 1.807) is 6.20 Å². The Balaban J connectivity index is 1.49. The van der Waals surface area contributed by atoms with Crippen LogP contribution in [0.2, 0.25) is 0 Å². The Bertz CT molecular complexity index is 884. The molecule has 130 valence electrons. The van der Waals surface area contributed by atoms with E-state index in [1.807, 2.05) is 28.9 Å². The lowest BCUT2D eigenvalue weighted by molar-refractivity contribution is 0.631. The van der Waals surface area contributed by atoms with E-state index < -0.39 is 0 Å². The lowest BCUT2D eigenvalue weighted by atomic mass is 10.2. The maximum absolute atomic E-state index is 4.70. The smallest absolute Gasteiger partial charge is 0.154 e. The predicted molar refractivity (Wildman–Crippen MR) is 101 cm³/mol. The Hall–Kier alpha value is -2.22. The molecule has 1 aliphatic rings. The molecular formula is C17H20BrN7. The van der Waals surface area contributed by atoms with Gasteiger partial charge >= 0.3 is 0 Å². The number of aromatic nitrogens is 5. The van der Waals surface area contributed by atoms with E-state index in [0.29, 0.717) is 5.92 Å². The molecule has 0 spiro atoms. The highest BCUT2D eigenvalue weighted by molar-refractivity contribution is 9.10. The van der Waals surface area contributed by atoms with E-state index in [2.05, 4.69) is 54.6 Å². The maximum atomic E-state index is 4.70. The van der Waals surface area contributed by atoms with Gasteiger partial charge in [-0.05, 0) is 34.1 Å². The van der Waals surface area contributed by atoms with Crippen molar-refractivity contribution >= 4 is 33.2 Å². The van der Waals surface area contributed by atoms with Crippen molar-refractivity contribution in [1.82, 2.24) is 24.6 Å². The van der Waals surface area contributed by atoms with Crippen molar-refractivity contribution in [2.24, 2.45) is 0 Å². The van der Waals surface area contributed by atoms with Gasteiger partial charge in [-0.3, -0.25) is 0 Å². The van der Waals surface area contributed by atoms with Crippen LogP contribution in [-0.2, 0) is 0 Å². The monoisotopic (exact) mass is 401 g/mol. The Labute approximate surface area is 154 Å². The van der Waals surface area contributed by atoms with Crippen LogP contribution in [0.4, 0.5) is 11.6 Å². The van der Waals surface area contributed by atoms with Crippen LogP contribution in [0.1, 0.15) is 25.6 Å². The van der Waals surface area contributed by atoms with Crippen LogP contribution in [0.15, 0.2) is 35.2 Å². The quantitative estimate of drug-likeness (QED) is 0.672. The zero-order chi connectivity index (χ0) is 17.4. The van der Waals surface area contributed by atoms with E-state index in [4.69, 9.17) is 4.98 Å². The summed E-state index contributed by atoms with van der Waals surface area (Å²) in [6.07, 6.45) is 3.63. The molecule has 1 fully saturated rings. The molecule has 0 aliphatic carbocycles. The van der Waals surface area contributed by atoms with Crippen molar-refractivity contribution in [2.75, 3.05) is 36.0 Å². The fourth-order valence-corrected chi connectivity index (χ4v) is 3.35. The molecule has 3 aromatic rings. The second kappa shape index (κ2) is 6.59. The molecule has 0 amide bonds. The molecule has 8 heteroatoms. The summed E-state index contributed by atoms with van der Waals surface area (Å²) in [4.78, 5) is 18.0. The van der Waals surface area contributed by atoms with E-state index in [1.165, 1.54) is 0 Å². The summed E-state index contributed by atoms with van der Waals surface area (Å²) in [7, 11) is 0. The lowest BCUT2D eigenvalue weighted by Gasteiger charge is -2.36. The minimum atomic E-state index is 0.339. The van der Waals surface area contributed by atoms with Gasteiger partial charge in [-0.15, -0.1) is 5.10 Å². The summed E-state index contributed by atoms with van der Waals surface area (Å²) >= 11 is 3.48. The van der Waals surface area contributed by atoms with Crippen molar-refractivity contribution in [2.45, 2.75) is 19.8 Å². The molecule has 0 radical (unpaired) electrons. The molecule has 1 saturated heterocycles. The van der Waals surface area contributed by atoms with Crippen molar-refractivity contribution in [1.29, 1.82) is 0 Å². The lowest BCUT2D eigenvalue weighted by Crippen LogP contribution is -2.47. The first-order chi connectivity index (χ1) is 12.1. The number of halogens is 1. The van der Waals surface area contributed by atoms with Gasteiger partial charge in [0.1, 0.15) is 22.1 Å². The number of anilines is 2. The van der Waals surface area contributed by atoms with Crippen LogP contribution in [0.5, 0.6) is 0 Å². The normalized spacial score (nSPS) is 15.4. The van der Waals surface area contributed by atoms with Gasteiger partial charge in [0.25, 0.3) is 0 Å². The van der Waals surface area contributed by atoms with Gasteiger partial charge in [-0.25, -0.2) is 19.5 Å². The SMILES string of the molecule is CC(C)c1nccc(N2CCN(c3ccc4ncc(Br)n4n3)CC2)n1. The Morgan fingerprint density at radius 3 is 2.40 bits per heavy atom. The first-order valence-electron chi connectivity index (χ1n) is 8.45. The summed E-state index contributed by atoms with van der Waals surface area (Å²) in [6, 6.07) is 6.03. The zero-order valence-electron chi connectivity index (χ0n) is 14.3. The Morgan fingerprint density at radius 2 is 1.68 bits per heavy atom. The molecule has 0 bridgehead atoms. The fraction of sp³-hybridized carbons (Fsp3) is 0.412. The molecule has 4 heterocycles. The third kappa shape index (κ3) is 3.18. The van der Waals surface area contributed by atoms with Gasteiger partial charge in [-0.1, -0.05) is 13.8 Å². The predicted octanol–water partition coefficient (Wildman–Crippen LogP) is 2.73. The Kier molecular flexibility index (Phi) is 4.29. The third-order valence-electron chi connectivity index (χ3n) is 4.41. The molecule has 1 aliphatic heterocycles. The van der Waals surface area contributed by atoms with Gasteiger partial charge in [-0.2, -0.15) is 0 Å². The highest BCUT2D eigenvalue weighted by Gasteiger charge is 2.20. The summed E-state index contributed by atoms with van der Waals surface area (Å²) in [5.41, 5.74) is 0.844. The van der Waals surface area contributed by atoms with Crippen molar-refractivity contribution in [3.63, 3.8) is 0 Å². The summed E-state index contributed by atoms with van der Waals surface area (Å²) in [5.74, 6) is 3.22. The number of nitrogens with zero attached hydrogens (tertiary/aromatic N) is 7. The molecule has 0 unspecified atom stereocenters. The maximum Gasteiger partial charge on any atom is 0.154 e. The van der Waals surface area contributed by atoms with Gasteiger partial charge < -0.3 is 9.80 Å². The average Bonchev–Trinajstić information content (AvgIpc) is 3.02. The molecule has 0 N–H and O–H groups in total. The standard InChI is InChI=1S/C17H20BrN7/c1-12(2)17-19-6-5-15(21-17)23-7-9-24(10-8-23)16-4-3-14-20-11-13(18)25(14)22-16/h3-6,11-12H,7-10H2,1-2H3. The first kappa shape index (κ1) is 16.3. The molecule has 4 rings (SSSR count). The molecule has 0 aromatic carbocycles. The zero-order valence-corrected chi connectivity index (χ0v) is 15.9. The average molecular weight is 402 g/mol. The number of rotatable bonds is 3. The van der Waals surface area contributed by atoms with Crippen LogP contribution in [0, 0.1) is 0 Å². The van der Waals surface area contributed by atoms with Gasteiger partial charge in [0.05, 0.1) is 6.20 Å². The molecular weight excluding hydrogens is 382 g/mol. The van der Waals surface area contributed by atoms with Crippen molar-refractivity contribution in [3.05, 3.63) is 41.0 Å². The summed E-state index contributed by atoms with van der Waals surface area (Å²) in [6.45, 7) is 7.89. The largest absolute Gasteiger partial charge is 0.353 e. The first-order valence-corrected chi connectivity index (χ1v) is 9.24. The van der Waals surface area contributed by atoms with Crippen LogP contribution < -0.4 is 9.80 Å². The van der Waals surface area contributed by atoms with Gasteiger partial charge in [0.15, 0.2) is 5.65 Å². The molecule has 0 saturated carbocycles. The van der Waals surface area contributed by atoms with Crippen LogP contribution in [0.3, 0.4) is 0 Å². The van der Waals surface area contributed by atoms with Crippen molar-refractivity contribution < 1.29 is 0 Å². The highest BCUT2D eigenvalue weighted by atomic mass is 79.9.